The van der Waals surface area contributed by atoms with Crippen molar-refractivity contribution in [2.24, 2.45) is 11.3 Å². The van der Waals surface area contributed by atoms with E-state index in [9.17, 15) is 15.0 Å². The molecule has 0 spiro atoms. The number of carbonyl (C=O) groups is 1. The first kappa shape index (κ1) is 25.1. The predicted octanol–water partition coefficient (Wildman–Crippen LogP) is 4.82. The molecular formula is C27H38N4O4. The Kier molecular flexibility index (Phi) is 7.40. The lowest BCUT2D eigenvalue weighted by Gasteiger charge is -2.31. The summed E-state index contributed by atoms with van der Waals surface area (Å²) in [6.45, 7) is 8.96. The summed E-state index contributed by atoms with van der Waals surface area (Å²) in [5.74, 6) is 1.71. The van der Waals surface area contributed by atoms with E-state index >= 15 is 0 Å². The van der Waals surface area contributed by atoms with E-state index in [-0.39, 0.29) is 23.6 Å². The van der Waals surface area contributed by atoms with Crippen LogP contribution in [-0.4, -0.2) is 52.4 Å². The third-order valence-corrected chi connectivity index (χ3v) is 6.64. The molecule has 2 aliphatic rings. The minimum absolute atomic E-state index is 0.0885. The van der Waals surface area contributed by atoms with Crippen molar-refractivity contribution in [1.82, 2.24) is 15.2 Å². The Labute approximate surface area is 207 Å². The van der Waals surface area contributed by atoms with Crippen LogP contribution in [0, 0.1) is 11.3 Å². The molecule has 1 atom stereocenters. The van der Waals surface area contributed by atoms with Gasteiger partial charge in [-0.25, -0.2) is 9.78 Å². The van der Waals surface area contributed by atoms with Gasteiger partial charge in [0.2, 0.25) is 0 Å². The average Bonchev–Trinajstić information content (AvgIpc) is 3.62. The van der Waals surface area contributed by atoms with Crippen molar-refractivity contribution in [2.75, 3.05) is 32.0 Å². The number of ether oxygens (including phenoxy) is 1. The van der Waals surface area contributed by atoms with Gasteiger partial charge in [0.15, 0.2) is 0 Å². The SMILES string of the molecule is CC(C)(C)CN(Cc1c(C2CCCNC2)cc(-c2c(O)cccc2OCC2CC2)nc1N)C(=O)O. The molecule has 35 heavy (non-hydrogen) atoms. The molecule has 1 saturated carbocycles. The van der Waals surface area contributed by atoms with Crippen molar-refractivity contribution in [3.8, 4) is 22.8 Å². The van der Waals surface area contributed by atoms with Crippen LogP contribution >= 0.6 is 0 Å². The molecule has 8 heteroatoms. The Bertz CT molecular complexity index is 1060. The monoisotopic (exact) mass is 482 g/mol. The lowest BCUT2D eigenvalue weighted by Crippen LogP contribution is -2.37. The topological polar surface area (TPSA) is 121 Å². The molecule has 1 saturated heterocycles. The highest BCUT2D eigenvalue weighted by molar-refractivity contribution is 5.76. The molecule has 0 radical (unpaired) electrons. The summed E-state index contributed by atoms with van der Waals surface area (Å²) in [6, 6.07) is 7.21. The molecule has 0 bridgehead atoms. The first-order valence-corrected chi connectivity index (χ1v) is 12.6. The molecule has 5 N–H and O–H groups in total. The van der Waals surface area contributed by atoms with Gasteiger partial charge >= 0.3 is 6.09 Å². The van der Waals surface area contributed by atoms with Crippen molar-refractivity contribution in [2.45, 2.75) is 58.9 Å². The molecule has 1 aromatic heterocycles. The number of aromatic nitrogens is 1. The number of phenols is 1. The largest absolute Gasteiger partial charge is 0.507 e. The Balaban J connectivity index is 1.76. The van der Waals surface area contributed by atoms with Crippen LogP contribution in [0.1, 0.15) is 63.5 Å². The number of anilines is 1. The molecular weight excluding hydrogens is 444 g/mol. The van der Waals surface area contributed by atoms with Crippen LogP contribution in [0.5, 0.6) is 11.5 Å². The number of nitrogen functional groups attached to an aromatic ring is 1. The predicted molar refractivity (Wildman–Crippen MR) is 137 cm³/mol. The van der Waals surface area contributed by atoms with Crippen LogP contribution in [0.25, 0.3) is 11.3 Å². The zero-order chi connectivity index (χ0) is 25.2. The maximum Gasteiger partial charge on any atom is 0.407 e. The van der Waals surface area contributed by atoms with Crippen LogP contribution in [0.3, 0.4) is 0 Å². The first-order valence-electron chi connectivity index (χ1n) is 12.6. The third kappa shape index (κ3) is 6.36. The fourth-order valence-electron chi connectivity index (χ4n) is 4.74. The number of benzene rings is 1. The highest BCUT2D eigenvalue weighted by Gasteiger charge is 2.28. The number of nitrogens with one attached hydrogen (secondary N) is 1. The van der Waals surface area contributed by atoms with Crippen molar-refractivity contribution in [3.63, 3.8) is 0 Å². The summed E-state index contributed by atoms with van der Waals surface area (Å²) in [6.07, 6.45) is 3.36. The van der Waals surface area contributed by atoms with E-state index in [1.54, 1.807) is 12.1 Å². The summed E-state index contributed by atoms with van der Waals surface area (Å²) in [5, 5.41) is 24.1. The van der Waals surface area contributed by atoms with Gasteiger partial charge in [0.05, 0.1) is 24.4 Å². The zero-order valence-corrected chi connectivity index (χ0v) is 21.0. The Hall–Kier alpha value is -3.00. The smallest absolute Gasteiger partial charge is 0.407 e. The van der Waals surface area contributed by atoms with Gasteiger partial charge in [0.1, 0.15) is 17.3 Å². The second-order valence-corrected chi connectivity index (χ2v) is 11.1. The van der Waals surface area contributed by atoms with Gasteiger partial charge in [-0.1, -0.05) is 26.8 Å². The summed E-state index contributed by atoms with van der Waals surface area (Å²) in [4.78, 5) is 18.2. The third-order valence-electron chi connectivity index (χ3n) is 6.64. The van der Waals surface area contributed by atoms with Gasteiger partial charge < -0.3 is 30.9 Å². The molecule has 2 fully saturated rings. The summed E-state index contributed by atoms with van der Waals surface area (Å²) >= 11 is 0. The summed E-state index contributed by atoms with van der Waals surface area (Å²) < 4.78 is 6.06. The second kappa shape index (κ2) is 10.3. The van der Waals surface area contributed by atoms with Crippen LogP contribution in [0.4, 0.5) is 10.6 Å². The number of rotatable bonds is 8. The number of nitrogens with two attached hydrogens (primary N) is 1. The number of phenolic OH excluding ortho intramolecular Hbond substituents is 1. The van der Waals surface area contributed by atoms with Crippen LogP contribution in [0.15, 0.2) is 24.3 Å². The van der Waals surface area contributed by atoms with E-state index < -0.39 is 6.09 Å². The van der Waals surface area contributed by atoms with E-state index in [2.05, 4.69) is 10.3 Å². The van der Waals surface area contributed by atoms with Gasteiger partial charge in [-0.2, -0.15) is 0 Å². The first-order chi connectivity index (χ1) is 16.6. The number of amides is 1. The van der Waals surface area contributed by atoms with Gasteiger partial charge in [-0.3, -0.25) is 0 Å². The zero-order valence-electron chi connectivity index (χ0n) is 21.0. The van der Waals surface area contributed by atoms with E-state index in [0.29, 0.717) is 41.9 Å². The molecule has 1 amide bonds. The molecule has 1 aliphatic heterocycles. The van der Waals surface area contributed by atoms with Gasteiger partial charge in [0.25, 0.3) is 0 Å². The van der Waals surface area contributed by atoms with Gasteiger partial charge in [0, 0.05) is 18.7 Å². The Morgan fingerprint density at radius 2 is 2.06 bits per heavy atom. The van der Waals surface area contributed by atoms with E-state index in [1.165, 1.54) is 17.7 Å². The molecule has 1 aliphatic carbocycles. The Morgan fingerprint density at radius 1 is 1.29 bits per heavy atom. The standard InChI is InChI=1S/C27H38N4O4/c1-27(2,3)16-31(26(33)34)14-20-19(18-6-5-11-29-13-18)12-21(30-25(20)28)24-22(32)7-4-8-23(24)35-15-17-9-10-17/h4,7-8,12,17-18,29,32H,5-6,9-11,13-16H2,1-3H3,(H2,28,30)(H,33,34). The maximum absolute atomic E-state index is 12.1. The number of piperidine rings is 1. The number of aromatic hydroxyl groups is 1. The molecule has 4 rings (SSSR count). The maximum atomic E-state index is 12.1. The number of pyridine rings is 1. The van der Waals surface area contributed by atoms with Crippen molar-refractivity contribution in [3.05, 3.63) is 35.4 Å². The van der Waals surface area contributed by atoms with Crippen molar-refractivity contribution < 1.29 is 19.7 Å². The lowest BCUT2D eigenvalue weighted by molar-refractivity contribution is 0.122. The average molecular weight is 483 g/mol. The van der Waals surface area contributed by atoms with Crippen LogP contribution in [0.2, 0.25) is 0 Å². The minimum atomic E-state index is -0.979. The second-order valence-electron chi connectivity index (χ2n) is 11.1. The number of nitrogens with zero attached hydrogens (tertiary/aromatic N) is 2. The fourth-order valence-corrected chi connectivity index (χ4v) is 4.74. The minimum Gasteiger partial charge on any atom is -0.507 e. The normalized spacial score (nSPS) is 18.3. The lowest BCUT2D eigenvalue weighted by atomic mass is 9.87. The van der Waals surface area contributed by atoms with Crippen molar-refractivity contribution >= 4 is 11.9 Å². The van der Waals surface area contributed by atoms with Gasteiger partial charge in [-0.15, -0.1) is 0 Å². The number of carboxylic acid groups (broad SMARTS) is 1. The number of hydrogen-bond donors (Lipinski definition) is 4. The highest BCUT2D eigenvalue weighted by Crippen LogP contribution is 2.41. The summed E-state index contributed by atoms with van der Waals surface area (Å²) in [7, 11) is 0. The van der Waals surface area contributed by atoms with E-state index in [4.69, 9.17) is 10.5 Å². The van der Waals surface area contributed by atoms with Crippen molar-refractivity contribution in [1.29, 1.82) is 0 Å². The molecule has 1 aromatic carbocycles. The summed E-state index contributed by atoms with van der Waals surface area (Å²) in [5.41, 5.74) is 9.14. The molecule has 2 aromatic rings. The Morgan fingerprint density at radius 3 is 2.69 bits per heavy atom. The number of hydrogen-bond acceptors (Lipinski definition) is 6. The quantitative estimate of drug-likeness (QED) is 0.426. The molecule has 1 unspecified atom stereocenters. The van der Waals surface area contributed by atoms with E-state index in [0.717, 1.165) is 37.1 Å². The molecule has 2 heterocycles. The highest BCUT2D eigenvalue weighted by atomic mass is 16.5. The van der Waals surface area contributed by atoms with E-state index in [1.807, 2.05) is 32.9 Å². The molecule has 190 valence electrons. The van der Waals surface area contributed by atoms with Crippen LogP contribution < -0.4 is 15.8 Å². The van der Waals surface area contributed by atoms with Crippen LogP contribution in [-0.2, 0) is 6.54 Å². The fraction of sp³-hybridized carbons (Fsp3) is 0.556. The van der Waals surface area contributed by atoms with Gasteiger partial charge in [-0.05, 0) is 73.2 Å². The molecule has 8 nitrogen and oxygen atoms in total.